The number of aryl methyl sites for hydroxylation is 2. The van der Waals surface area contributed by atoms with Crippen LogP contribution in [0.2, 0.25) is 5.02 Å². The maximum Gasteiger partial charge on any atom is 0.0624 e. The zero-order valence-corrected chi connectivity index (χ0v) is 12.7. The third-order valence-corrected chi connectivity index (χ3v) is 3.73. The molecule has 0 amide bonds. The van der Waals surface area contributed by atoms with Gasteiger partial charge in [0.15, 0.2) is 0 Å². The summed E-state index contributed by atoms with van der Waals surface area (Å²) in [4.78, 5) is 0. The van der Waals surface area contributed by atoms with Crippen LogP contribution in [-0.2, 0) is 26.3 Å². The van der Waals surface area contributed by atoms with Gasteiger partial charge in [-0.1, -0.05) is 30.7 Å². The maximum atomic E-state index is 5.90. The van der Waals surface area contributed by atoms with Crippen LogP contribution in [0.3, 0.4) is 0 Å². The Morgan fingerprint density at radius 1 is 1.30 bits per heavy atom. The molecule has 2 rings (SSSR count). The van der Waals surface area contributed by atoms with Crippen LogP contribution in [-0.4, -0.2) is 15.8 Å². The Morgan fingerprint density at radius 3 is 2.55 bits per heavy atom. The highest BCUT2D eigenvalue weighted by molar-refractivity contribution is 6.30. The van der Waals surface area contributed by atoms with Crippen molar-refractivity contribution in [3.8, 4) is 0 Å². The summed E-state index contributed by atoms with van der Waals surface area (Å²) in [5.74, 6) is 5.68. The number of halogens is 1. The van der Waals surface area contributed by atoms with Crippen molar-refractivity contribution in [2.75, 3.05) is 0 Å². The molecule has 2 aromatic rings. The van der Waals surface area contributed by atoms with E-state index in [1.54, 1.807) is 0 Å². The Hall–Kier alpha value is -1.36. The predicted octanol–water partition coefficient (Wildman–Crippen LogP) is 2.25. The SMILES string of the molecule is CCc1cc(CC(Cc2ccc(Cl)cc2)NN)n(C)n1. The fourth-order valence-electron chi connectivity index (χ4n) is 2.28. The molecule has 1 atom stereocenters. The highest BCUT2D eigenvalue weighted by Gasteiger charge is 2.12. The molecule has 0 saturated carbocycles. The lowest BCUT2D eigenvalue weighted by Crippen LogP contribution is -2.38. The molecule has 4 nitrogen and oxygen atoms in total. The molecular formula is C15H21ClN4. The van der Waals surface area contributed by atoms with Gasteiger partial charge in [-0.15, -0.1) is 0 Å². The standard InChI is InChI=1S/C15H21ClN4/c1-3-13-9-15(20(2)19-13)10-14(18-17)8-11-4-6-12(16)7-5-11/h4-7,9,14,18H,3,8,10,17H2,1-2H3. The second kappa shape index (κ2) is 6.88. The van der Waals surface area contributed by atoms with Crippen molar-refractivity contribution in [1.29, 1.82) is 0 Å². The van der Waals surface area contributed by atoms with Gasteiger partial charge >= 0.3 is 0 Å². The van der Waals surface area contributed by atoms with E-state index in [-0.39, 0.29) is 6.04 Å². The molecule has 0 radical (unpaired) electrons. The first-order valence-electron chi connectivity index (χ1n) is 6.84. The van der Waals surface area contributed by atoms with Gasteiger partial charge in [0.2, 0.25) is 0 Å². The van der Waals surface area contributed by atoms with Crippen LogP contribution in [0.5, 0.6) is 0 Å². The van der Waals surface area contributed by atoms with Crippen molar-refractivity contribution in [1.82, 2.24) is 15.2 Å². The second-order valence-electron chi connectivity index (χ2n) is 5.00. The number of aromatic nitrogens is 2. The molecule has 0 fully saturated rings. The summed E-state index contributed by atoms with van der Waals surface area (Å²) in [7, 11) is 1.98. The Labute approximate surface area is 124 Å². The second-order valence-corrected chi connectivity index (χ2v) is 5.44. The molecule has 1 heterocycles. The van der Waals surface area contributed by atoms with Gasteiger partial charge in [0, 0.05) is 30.2 Å². The van der Waals surface area contributed by atoms with E-state index in [2.05, 4.69) is 23.5 Å². The van der Waals surface area contributed by atoms with Gasteiger partial charge in [-0.05, 0) is 36.6 Å². The molecule has 3 N–H and O–H groups in total. The minimum Gasteiger partial charge on any atom is -0.272 e. The first kappa shape index (κ1) is 15.0. The molecule has 0 aliphatic heterocycles. The van der Waals surface area contributed by atoms with Crippen molar-refractivity contribution in [3.05, 3.63) is 52.3 Å². The summed E-state index contributed by atoms with van der Waals surface area (Å²) in [5.41, 5.74) is 6.42. The van der Waals surface area contributed by atoms with Gasteiger partial charge < -0.3 is 0 Å². The quantitative estimate of drug-likeness (QED) is 0.634. The summed E-state index contributed by atoms with van der Waals surface area (Å²) < 4.78 is 1.94. The summed E-state index contributed by atoms with van der Waals surface area (Å²) >= 11 is 5.90. The first-order chi connectivity index (χ1) is 9.62. The molecule has 0 aliphatic rings. The number of hydrazine groups is 1. The number of nitrogens with two attached hydrogens (primary N) is 1. The summed E-state index contributed by atoms with van der Waals surface area (Å²) in [6.07, 6.45) is 2.66. The van der Waals surface area contributed by atoms with E-state index in [0.717, 1.165) is 30.0 Å². The molecule has 0 bridgehead atoms. The van der Waals surface area contributed by atoms with Gasteiger partial charge in [-0.2, -0.15) is 5.10 Å². The van der Waals surface area contributed by atoms with Gasteiger partial charge in [0.1, 0.15) is 0 Å². The maximum absolute atomic E-state index is 5.90. The van der Waals surface area contributed by atoms with Gasteiger partial charge in [-0.25, -0.2) is 0 Å². The first-order valence-corrected chi connectivity index (χ1v) is 7.22. The zero-order valence-electron chi connectivity index (χ0n) is 11.9. The normalized spacial score (nSPS) is 12.6. The average Bonchev–Trinajstić information content (AvgIpc) is 2.81. The van der Waals surface area contributed by atoms with Crippen LogP contribution >= 0.6 is 11.6 Å². The highest BCUT2D eigenvalue weighted by Crippen LogP contribution is 2.13. The van der Waals surface area contributed by atoms with Crippen molar-refractivity contribution in [2.45, 2.75) is 32.2 Å². The summed E-state index contributed by atoms with van der Waals surface area (Å²) in [6.45, 7) is 2.11. The molecule has 20 heavy (non-hydrogen) atoms. The van der Waals surface area contributed by atoms with Crippen LogP contribution in [0.15, 0.2) is 30.3 Å². The Balaban J connectivity index is 2.04. The van der Waals surface area contributed by atoms with E-state index in [0.29, 0.717) is 0 Å². The summed E-state index contributed by atoms with van der Waals surface area (Å²) in [6, 6.07) is 10.2. The van der Waals surface area contributed by atoms with Crippen LogP contribution in [0.25, 0.3) is 0 Å². The fourth-order valence-corrected chi connectivity index (χ4v) is 2.41. The molecule has 0 spiro atoms. The van der Waals surface area contributed by atoms with Crippen LogP contribution in [0, 0.1) is 0 Å². The smallest absolute Gasteiger partial charge is 0.0624 e. The van der Waals surface area contributed by atoms with E-state index in [1.807, 2.05) is 36.0 Å². The van der Waals surface area contributed by atoms with E-state index < -0.39 is 0 Å². The van der Waals surface area contributed by atoms with Crippen LogP contribution < -0.4 is 11.3 Å². The van der Waals surface area contributed by atoms with Crippen LogP contribution in [0.4, 0.5) is 0 Å². The Morgan fingerprint density at radius 2 is 2.00 bits per heavy atom. The van der Waals surface area contributed by atoms with Crippen molar-refractivity contribution >= 4 is 11.6 Å². The molecule has 1 unspecified atom stereocenters. The number of rotatable bonds is 6. The van der Waals surface area contributed by atoms with E-state index in [4.69, 9.17) is 17.4 Å². The molecule has 5 heteroatoms. The van der Waals surface area contributed by atoms with Gasteiger partial charge in [-0.3, -0.25) is 16.0 Å². The highest BCUT2D eigenvalue weighted by atomic mass is 35.5. The third kappa shape index (κ3) is 3.82. The Bertz CT molecular complexity index is 548. The van der Waals surface area contributed by atoms with E-state index >= 15 is 0 Å². The van der Waals surface area contributed by atoms with Crippen molar-refractivity contribution in [3.63, 3.8) is 0 Å². The molecular weight excluding hydrogens is 272 g/mol. The minimum atomic E-state index is 0.177. The number of benzene rings is 1. The lowest BCUT2D eigenvalue weighted by molar-refractivity contribution is 0.505. The third-order valence-electron chi connectivity index (χ3n) is 3.48. The minimum absolute atomic E-state index is 0.177. The topological polar surface area (TPSA) is 55.9 Å². The molecule has 0 aliphatic carbocycles. The monoisotopic (exact) mass is 292 g/mol. The molecule has 1 aromatic carbocycles. The number of hydrogen-bond donors (Lipinski definition) is 2. The number of nitrogens with zero attached hydrogens (tertiary/aromatic N) is 2. The van der Waals surface area contributed by atoms with E-state index in [9.17, 15) is 0 Å². The largest absolute Gasteiger partial charge is 0.272 e. The lowest BCUT2D eigenvalue weighted by Gasteiger charge is -2.16. The van der Waals surface area contributed by atoms with Gasteiger partial charge in [0.05, 0.1) is 5.69 Å². The number of hydrogen-bond acceptors (Lipinski definition) is 3. The van der Waals surface area contributed by atoms with E-state index in [1.165, 1.54) is 11.3 Å². The lowest BCUT2D eigenvalue weighted by atomic mass is 10.0. The summed E-state index contributed by atoms with van der Waals surface area (Å²) in [5, 5.41) is 5.22. The predicted molar refractivity (Wildman–Crippen MR) is 82.6 cm³/mol. The molecule has 1 aromatic heterocycles. The fraction of sp³-hybridized carbons (Fsp3) is 0.400. The van der Waals surface area contributed by atoms with Crippen molar-refractivity contribution < 1.29 is 0 Å². The molecule has 0 saturated heterocycles. The zero-order chi connectivity index (χ0) is 14.5. The van der Waals surface area contributed by atoms with Crippen molar-refractivity contribution in [2.24, 2.45) is 12.9 Å². The van der Waals surface area contributed by atoms with Gasteiger partial charge in [0.25, 0.3) is 0 Å². The molecule has 108 valence electrons. The average molecular weight is 293 g/mol. The Kier molecular flexibility index (Phi) is 5.17. The van der Waals surface area contributed by atoms with Crippen LogP contribution in [0.1, 0.15) is 23.9 Å². The number of nitrogens with one attached hydrogen (secondary N) is 1.